The minimum atomic E-state index is -0.538. The third kappa shape index (κ3) is 5.44. The molecule has 0 aliphatic heterocycles. The molecule has 4 unspecified atom stereocenters. The Kier molecular flexibility index (Phi) is 7.25. The van der Waals surface area contributed by atoms with E-state index in [9.17, 15) is 9.59 Å². The Labute approximate surface area is 167 Å². The summed E-state index contributed by atoms with van der Waals surface area (Å²) in [5.74, 6) is 1.98. The monoisotopic (exact) mass is 387 g/mol. The van der Waals surface area contributed by atoms with Gasteiger partial charge in [-0.2, -0.15) is 0 Å². The average molecular weight is 388 g/mol. The first-order chi connectivity index (χ1) is 13.6. The third-order valence-electron chi connectivity index (χ3n) is 6.41. The number of hydrogen-bond acceptors (Lipinski definition) is 5. The van der Waals surface area contributed by atoms with Gasteiger partial charge < -0.3 is 22.1 Å². The van der Waals surface area contributed by atoms with Gasteiger partial charge in [-0.25, -0.2) is 4.98 Å². The van der Waals surface area contributed by atoms with E-state index in [2.05, 4.69) is 15.6 Å². The maximum absolute atomic E-state index is 12.9. The van der Waals surface area contributed by atoms with Gasteiger partial charge in [-0.3, -0.25) is 9.59 Å². The van der Waals surface area contributed by atoms with Crippen LogP contribution in [-0.4, -0.2) is 29.4 Å². The Bertz CT molecular complexity index is 661. The number of aromatic nitrogens is 1. The van der Waals surface area contributed by atoms with Crippen molar-refractivity contribution in [1.82, 2.24) is 15.6 Å². The number of fused-ring (bicyclic) bond motifs is 1. The van der Waals surface area contributed by atoms with E-state index in [1.165, 1.54) is 38.5 Å². The van der Waals surface area contributed by atoms with Crippen LogP contribution in [0.3, 0.4) is 0 Å². The first-order valence-electron chi connectivity index (χ1n) is 10.5. The van der Waals surface area contributed by atoms with Crippen LogP contribution in [0.25, 0.3) is 0 Å². The largest absolute Gasteiger partial charge is 0.384 e. The molecule has 1 heterocycles. The Balaban J connectivity index is 1.62. The molecule has 2 aliphatic rings. The van der Waals surface area contributed by atoms with Gasteiger partial charge in [0, 0.05) is 12.7 Å². The lowest BCUT2D eigenvalue weighted by molar-refractivity contribution is -0.129. The van der Waals surface area contributed by atoms with Crippen LogP contribution in [0, 0.1) is 17.8 Å². The van der Waals surface area contributed by atoms with Crippen molar-refractivity contribution in [2.24, 2.45) is 23.5 Å². The normalized spacial score (nSPS) is 25.4. The standard InChI is InChI=1S/C21H33N5O2/c22-11-20(27)26-18(21(28)25-13-14-8-9-19(23)24-12-14)10-16-6-3-5-15-4-1-2-7-17(15)16/h8-9,12,15-18H,1-7,10-11,13,22H2,(H2,23,24)(H,25,28)(H,26,27). The van der Waals surface area contributed by atoms with Gasteiger partial charge >= 0.3 is 0 Å². The molecule has 2 saturated carbocycles. The van der Waals surface area contributed by atoms with Gasteiger partial charge in [0.25, 0.3) is 0 Å². The number of rotatable bonds is 7. The molecular formula is C21H33N5O2. The molecule has 0 radical (unpaired) electrons. The molecule has 2 amide bonds. The first-order valence-corrected chi connectivity index (χ1v) is 10.5. The van der Waals surface area contributed by atoms with Crippen molar-refractivity contribution >= 4 is 17.6 Å². The zero-order chi connectivity index (χ0) is 19.9. The highest BCUT2D eigenvalue weighted by atomic mass is 16.2. The Morgan fingerprint density at radius 3 is 2.68 bits per heavy atom. The van der Waals surface area contributed by atoms with Gasteiger partial charge in [0.15, 0.2) is 0 Å². The minimum absolute atomic E-state index is 0.109. The molecule has 2 aliphatic carbocycles. The Morgan fingerprint density at radius 2 is 1.93 bits per heavy atom. The number of nitrogens with two attached hydrogens (primary N) is 2. The predicted octanol–water partition coefficient (Wildman–Crippen LogP) is 1.72. The van der Waals surface area contributed by atoms with Crippen LogP contribution in [-0.2, 0) is 16.1 Å². The molecule has 28 heavy (non-hydrogen) atoms. The Morgan fingerprint density at radius 1 is 1.14 bits per heavy atom. The molecule has 154 valence electrons. The lowest BCUT2D eigenvalue weighted by atomic mass is 9.64. The van der Waals surface area contributed by atoms with Gasteiger partial charge in [0.2, 0.25) is 11.8 Å². The van der Waals surface area contributed by atoms with Crippen LogP contribution in [0.5, 0.6) is 0 Å². The van der Waals surface area contributed by atoms with Crippen LogP contribution in [0.1, 0.15) is 56.9 Å². The summed E-state index contributed by atoms with van der Waals surface area (Å²) in [5.41, 5.74) is 11.9. The fourth-order valence-electron chi connectivity index (χ4n) is 5.00. The molecule has 0 aromatic carbocycles. The average Bonchev–Trinajstić information content (AvgIpc) is 2.72. The zero-order valence-corrected chi connectivity index (χ0v) is 16.5. The summed E-state index contributed by atoms with van der Waals surface area (Å²) in [6.45, 7) is 0.250. The van der Waals surface area contributed by atoms with Crippen molar-refractivity contribution in [3.05, 3.63) is 23.9 Å². The molecule has 0 saturated heterocycles. The van der Waals surface area contributed by atoms with E-state index in [-0.39, 0.29) is 18.4 Å². The lowest BCUT2D eigenvalue weighted by Gasteiger charge is -2.42. The molecule has 0 spiro atoms. The van der Waals surface area contributed by atoms with Gasteiger partial charge in [-0.1, -0.05) is 44.6 Å². The molecule has 1 aromatic rings. The third-order valence-corrected chi connectivity index (χ3v) is 6.41. The Hall–Kier alpha value is -2.15. The van der Waals surface area contributed by atoms with E-state index in [4.69, 9.17) is 11.5 Å². The van der Waals surface area contributed by atoms with Crippen LogP contribution in [0.4, 0.5) is 5.82 Å². The molecule has 2 fully saturated rings. The van der Waals surface area contributed by atoms with Crippen LogP contribution >= 0.6 is 0 Å². The highest BCUT2D eigenvalue weighted by molar-refractivity contribution is 5.88. The minimum Gasteiger partial charge on any atom is -0.384 e. The van der Waals surface area contributed by atoms with E-state index in [0.717, 1.165) is 17.9 Å². The second kappa shape index (κ2) is 9.87. The molecule has 3 rings (SSSR count). The van der Waals surface area contributed by atoms with Gasteiger partial charge in [-0.15, -0.1) is 0 Å². The summed E-state index contributed by atoms with van der Waals surface area (Å²) in [7, 11) is 0. The molecule has 6 N–H and O–H groups in total. The number of nitrogens with zero attached hydrogens (tertiary/aromatic N) is 1. The van der Waals surface area contributed by atoms with E-state index < -0.39 is 6.04 Å². The summed E-state index contributed by atoms with van der Waals surface area (Å²) >= 11 is 0. The van der Waals surface area contributed by atoms with Crippen molar-refractivity contribution in [1.29, 1.82) is 0 Å². The van der Waals surface area contributed by atoms with Crippen LogP contribution < -0.4 is 22.1 Å². The summed E-state index contributed by atoms with van der Waals surface area (Å²) in [4.78, 5) is 28.8. The molecule has 4 atom stereocenters. The van der Waals surface area contributed by atoms with Crippen molar-refractivity contribution in [3.8, 4) is 0 Å². The highest BCUT2D eigenvalue weighted by Crippen LogP contribution is 2.45. The summed E-state index contributed by atoms with van der Waals surface area (Å²) in [6.07, 6.45) is 11.2. The van der Waals surface area contributed by atoms with Crippen LogP contribution in [0.15, 0.2) is 18.3 Å². The van der Waals surface area contributed by atoms with Crippen LogP contribution in [0.2, 0.25) is 0 Å². The molecule has 7 nitrogen and oxygen atoms in total. The predicted molar refractivity (Wildman–Crippen MR) is 109 cm³/mol. The van der Waals surface area contributed by atoms with E-state index in [1.807, 2.05) is 6.07 Å². The van der Waals surface area contributed by atoms with Crippen molar-refractivity contribution in [3.63, 3.8) is 0 Å². The maximum atomic E-state index is 12.9. The quantitative estimate of drug-likeness (QED) is 0.567. The second-order valence-electron chi connectivity index (χ2n) is 8.27. The van der Waals surface area contributed by atoms with Crippen molar-refractivity contribution < 1.29 is 9.59 Å². The fraction of sp³-hybridized carbons (Fsp3) is 0.667. The SMILES string of the molecule is NCC(=O)NC(CC1CCCC2CCCCC21)C(=O)NCc1ccc(N)nc1. The first kappa shape index (κ1) is 20.6. The smallest absolute Gasteiger partial charge is 0.242 e. The maximum Gasteiger partial charge on any atom is 0.242 e. The second-order valence-corrected chi connectivity index (χ2v) is 8.27. The molecule has 0 bridgehead atoms. The van der Waals surface area contributed by atoms with Gasteiger partial charge in [0.1, 0.15) is 11.9 Å². The number of amides is 2. The number of hydrogen-bond donors (Lipinski definition) is 4. The van der Waals surface area contributed by atoms with Crippen molar-refractivity contribution in [2.75, 3.05) is 12.3 Å². The summed E-state index contributed by atoms with van der Waals surface area (Å²) in [5, 5.41) is 5.78. The zero-order valence-electron chi connectivity index (χ0n) is 16.5. The van der Waals surface area contributed by atoms with E-state index >= 15 is 0 Å². The number of pyridine rings is 1. The molecule has 1 aromatic heterocycles. The number of carbonyl (C=O) groups is 2. The number of anilines is 1. The highest BCUT2D eigenvalue weighted by Gasteiger charge is 2.37. The number of nitrogen functional groups attached to an aromatic ring is 1. The topological polar surface area (TPSA) is 123 Å². The van der Waals surface area contributed by atoms with E-state index in [0.29, 0.717) is 30.6 Å². The number of carbonyl (C=O) groups excluding carboxylic acids is 2. The fourth-order valence-corrected chi connectivity index (χ4v) is 5.00. The lowest BCUT2D eigenvalue weighted by Crippen LogP contribution is -2.50. The summed E-state index contributed by atoms with van der Waals surface area (Å²) in [6, 6.07) is 3.01. The van der Waals surface area contributed by atoms with Gasteiger partial charge in [0.05, 0.1) is 6.54 Å². The summed E-state index contributed by atoms with van der Waals surface area (Å²) < 4.78 is 0. The van der Waals surface area contributed by atoms with E-state index in [1.54, 1.807) is 12.3 Å². The molecule has 7 heteroatoms. The van der Waals surface area contributed by atoms with Gasteiger partial charge in [-0.05, 0) is 42.2 Å². The molecular weight excluding hydrogens is 354 g/mol. The van der Waals surface area contributed by atoms with Crippen molar-refractivity contribution in [2.45, 2.75) is 64.0 Å². The number of nitrogens with one attached hydrogen (secondary N) is 2.